The molecule has 4 amide bonds. The molecule has 248 valence electrons. The zero-order chi connectivity index (χ0) is 33.3. The number of Topliss-reactive ketones (excluding diaryl/α,β-unsaturated/α-hetero) is 1. The molecule has 11 heteroatoms. The molecule has 3 rings (SSSR count). The molecule has 10 nitrogen and oxygen atoms in total. The minimum absolute atomic E-state index is 0.0420. The van der Waals surface area contributed by atoms with Crippen LogP contribution in [0.25, 0.3) is 0 Å². The van der Waals surface area contributed by atoms with Crippen LogP contribution in [0.4, 0.5) is 9.59 Å². The van der Waals surface area contributed by atoms with Gasteiger partial charge in [-0.3, -0.25) is 14.6 Å². The maximum Gasteiger partial charge on any atom is 0.407 e. The summed E-state index contributed by atoms with van der Waals surface area (Å²) in [6.07, 6.45) is 4.26. The molecular weight excluding hydrogens is 602 g/mol. The number of urea groups is 1. The Kier molecular flexibility index (Phi) is 15.2. The van der Waals surface area contributed by atoms with Crippen LogP contribution < -0.4 is 16.0 Å². The summed E-state index contributed by atoms with van der Waals surface area (Å²) in [4.78, 5) is 57.5. The fourth-order valence-electron chi connectivity index (χ4n) is 5.06. The van der Waals surface area contributed by atoms with Crippen molar-refractivity contribution in [1.82, 2.24) is 25.8 Å². The van der Waals surface area contributed by atoms with Crippen molar-refractivity contribution in [2.45, 2.75) is 84.0 Å². The summed E-state index contributed by atoms with van der Waals surface area (Å²) in [5.74, 6) is -0.333. The van der Waals surface area contributed by atoms with Crippen molar-refractivity contribution < 1.29 is 23.9 Å². The van der Waals surface area contributed by atoms with Crippen molar-refractivity contribution in [1.29, 1.82) is 0 Å². The largest absolute Gasteiger partial charge is 0.444 e. The first-order valence-corrected chi connectivity index (χ1v) is 16.7. The highest BCUT2D eigenvalue weighted by atomic mass is 32.1. The van der Waals surface area contributed by atoms with E-state index in [2.05, 4.69) is 20.9 Å². The monoisotopic (exact) mass is 649 g/mol. The van der Waals surface area contributed by atoms with Gasteiger partial charge in [0.05, 0.1) is 16.4 Å². The second kappa shape index (κ2) is 19.3. The summed E-state index contributed by atoms with van der Waals surface area (Å²) in [5.41, 5.74) is 3.89. The number of carbonyl (C=O) groups excluding carboxylic acids is 4. The Hall–Kier alpha value is -4.25. The third-order valence-corrected chi connectivity index (χ3v) is 8.60. The van der Waals surface area contributed by atoms with Crippen LogP contribution in [-0.2, 0) is 33.8 Å². The number of rotatable bonds is 18. The molecule has 0 aliphatic rings. The van der Waals surface area contributed by atoms with Gasteiger partial charge >= 0.3 is 12.1 Å². The molecule has 3 N–H and O–H groups in total. The smallest absolute Gasteiger partial charge is 0.407 e. The van der Waals surface area contributed by atoms with E-state index < -0.39 is 12.1 Å². The van der Waals surface area contributed by atoms with Crippen molar-refractivity contribution in [2.24, 2.45) is 5.92 Å². The number of benzene rings is 2. The van der Waals surface area contributed by atoms with Crippen molar-refractivity contribution in [3.05, 3.63) is 88.4 Å². The molecule has 0 bridgehead atoms. The Morgan fingerprint density at radius 1 is 0.891 bits per heavy atom. The van der Waals surface area contributed by atoms with Crippen LogP contribution in [0.5, 0.6) is 0 Å². The van der Waals surface area contributed by atoms with Crippen molar-refractivity contribution in [2.75, 3.05) is 13.6 Å². The number of amides is 4. The average molecular weight is 650 g/mol. The number of ketones is 1. The van der Waals surface area contributed by atoms with Gasteiger partial charge in [-0.2, -0.15) is 0 Å². The van der Waals surface area contributed by atoms with Crippen LogP contribution in [-0.4, -0.2) is 65.4 Å². The van der Waals surface area contributed by atoms with Gasteiger partial charge in [0.2, 0.25) is 5.91 Å². The van der Waals surface area contributed by atoms with Gasteiger partial charge in [-0.1, -0.05) is 60.7 Å². The van der Waals surface area contributed by atoms with Crippen LogP contribution in [0.1, 0.15) is 62.5 Å². The van der Waals surface area contributed by atoms with Crippen LogP contribution in [0, 0.1) is 5.92 Å². The van der Waals surface area contributed by atoms with E-state index in [0.717, 1.165) is 16.0 Å². The van der Waals surface area contributed by atoms with E-state index in [0.29, 0.717) is 25.7 Å². The zero-order valence-corrected chi connectivity index (χ0v) is 28.1. The lowest BCUT2D eigenvalue weighted by Crippen LogP contribution is -2.49. The van der Waals surface area contributed by atoms with Gasteiger partial charge in [0.25, 0.3) is 0 Å². The van der Waals surface area contributed by atoms with Gasteiger partial charge < -0.3 is 25.6 Å². The molecule has 3 aromatic rings. The first-order valence-electron chi connectivity index (χ1n) is 15.8. The zero-order valence-electron chi connectivity index (χ0n) is 27.2. The van der Waals surface area contributed by atoms with E-state index in [-0.39, 0.29) is 61.7 Å². The minimum atomic E-state index is -0.751. The molecule has 0 fully saturated rings. The molecule has 3 atom stereocenters. The molecular formula is C35H47N5O5S. The Balaban J connectivity index is 1.75. The first kappa shape index (κ1) is 36.2. The molecule has 0 aliphatic heterocycles. The van der Waals surface area contributed by atoms with E-state index in [4.69, 9.17) is 4.74 Å². The number of hydrogen-bond acceptors (Lipinski definition) is 7. The number of alkyl carbamates (subject to hydrolysis) is 1. The molecule has 0 saturated heterocycles. The highest BCUT2D eigenvalue weighted by Crippen LogP contribution is 2.22. The Labute approximate surface area is 276 Å². The highest BCUT2D eigenvalue weighted by molar-refractivity contribution is 7.09. The lowest BCUT2D eigenvalue weighted by Gasteiger charge is -2.27. The van der Waals surface area contributed by atoms with Gasteiger partial charge in [0, 0.05) is 45.2 Å². The molecule has 0 spiro atoms. The number of hydrogen-bond donors (Lipinski definition) is 3. The van der Waals surface area contributed by atoms with Crippen molar-refractivity contribution in [3.63, 3.8) is 0 Å². The van der Waals surface area contributed by atoms with Crippen LogP contribution in [0.2, 0.25) is 0 Å². The maximum absolute atomic E-state index is 13.8. The van der Waals surface area contributed by atoms with Crippen LogP contribution in [0.3, 0.4) is 0 Å². The Morgan fingerprint density at radius 2 is 1.54 bits per heavy atom. The number of thiazole rings is 1. The molecule has 1 aromatic heterocycles. The number of aromatic nitrogens is 1. The number of nitrogens with zero attached hydrogens (tertiary/aromatic N) is 2. The lowest BCUT2D eigenvalue weighted by molar-refractivity contribution is -0.123. The molecule has 46 heavy (non-hydrogen) atoms. The second-order valence-electron chi connectivity index (χ2n) is 11.9. The van der Waals surface area contributed by atoms with Crippen molar-refractivity contribution in [3.8, 4) is 0 Å². The highest BCUT2D eigenvalue weighted by Gasteiger charge is 2.27. The minimum Gasteiger partial charge on any atom is -0.444 e. The first-order chi connectivity index (χ1) is 22.1. The fourth-order valence-corrected chi connectivity index (χ4v) is 5.57. The molecule has 2 aromatic carbocycles. The number of carbonyl (C=O) groups is 4. The summed E-state index contributed by atoms with van der Waals surface area (Å²) >= 11 is 1.42. The van der Waals surface area contributed by atoms with Crippen LogP contribution in [0.15, 0.2) is 72.4 Å². The number of nitrogens with one attached hydrogen (secondary N) is 3. The third kappa shape index (κ3) is 13.4. The SMILES string of the molecule is CC(=O)NCC[C@H](NC(=O)N(C)C(C)C)C(=O)C[C@H](CC[C@H](Cc1ccccc1)NC(=O)OCc1cncs1)Cc1ccccc1. The van der Waals surface area contributed by atoms with Crippen molar-refractivity contribution >= 4 is 35.2 Å². The quantitative estimate of drug-likeness (QED) is 0.166. The van der Waals surface area contributed by atoms with Gasteiger partial charge in [0.1, 0.15) is 6.61 Å². The van der Waals surface area contributed by atoms with E-state index in [9.17, 15) is 19.2 Å². The lowest BCUT2D eigenvalue weighted by atomic mass is 9.86. The van der Waals surface area contributed by atoms with Crippen LogP contribution >= 0.6 is 11.3 Å². The third-order valence-electron chi connectivity index (χ3n) is 7.84. The van der Waals surface area contributed by atoms with E-state index in [1.165, 1.54) is 18.3 Å². The molecule has 1 heterocycles. The Bertz CT molecular complexity index is 1350. The molecule has 0 radical (unpaired) electrons. The predicted octanol–water partition coefficient (Wildman–Crippen LogP) is 5.52. The molecule has 0 saturated carbocycles. The normalized spacial score (nSPS) is 12.9. The van der Waals surface area contributed by atoms with Gasteiger partial charge in [-0.05, 0) is 63.0 Å². The topological polar surface area (TPSA) is 130 Å². The molecule has 0 aliphatic carbocycles. The maximum atomic E-state index is 13.8. The summed E-state index contributed by atoms with van der Waals surface area (Å²) in [7, 11) is 1.69. The Morgan fingerprint density at radius 3 is 2.13 bits per heavy atom. The predicted molar refractivity (Wildman–Crippen MR) is 180 cm³/mol. The number of ether oxygens (including phenoxy) is 1. The summed E-state index contributed by atoms with van der Waals surface area (Å²) in [5, 5.41) is 8.68. The summed E-state index contributed by atoms with van der Waals surface area (Å²) < 4.78 is 5.47. The van der Waals surface area contributed by atoms with E-state index in [1.54, 1.807) is 23.7 Å². The van der Waals surface area contributed by atoms with E-state index in [1.807, 2.05) is 74.5 Å². The average Bonchev–Trinajstić information content (AvgIpc) is 3.56. The summed E-state index contributed by atoms with van der Waals surface area (Å²) in [6, 6.07) is 18.6. The van der Waals surface area contributed by atoms with Gasteiger partial charge in [-0.15, -0.1) is 11.3 Å². The van der Waals surface area contributed by atoms with Gasteiger partial charge in [-0.25, -0.2) is 9.59 Å². The second-order valence-corrected chi connectivity index (χ2v) is 12.8. The fraction of sp³-hybridized carbons (Fsp3) is 0.457. The van der Waals surface area contributed by atoms with E-state index >= 15 is 0 Å². The standard InChI is InChI=1S/C35H47N5O5S/c1-25(2)40(4)34(43)39-32(17-18-37-26(3)41)33(42)21-29(19-27-11-7-5-8-12-27)15-16-30(20-28-13-9-6-10-14-28)38-35(44)45-23-31-22-36-24-46-31/h5-14,22,24-25,29-30,32H,15-21,23H2,1-4H3,(H,37,41)(H,38,44)(H,39,43)/t29-,30-,32+/m1/s1. The molecule has 0 unspecified atom stereocenters. The van der Waals surface area contributed by atoms with Gasteiger partial charge in [0.15, 0.2) is 5.78 Å². The summed E-state index contributed by atoms with van der Waals surface area (Å²) in [6.45, 7) is 5.65.